The Balaban J connectivity index is 4.57. The number of ether oxygens (including phenoxy) is 2. The highest BCUT2D eigenvalue weighted by Crippen LogP contribution is 2.16. The minimum Gasteiger partial charge on any atom is -0.628 e. The Hall–Kier alpha value is -1.00. The summed E-state index contributed by atoms with van der Waals surface area (Å²) >= 11 is 0. The van der Waals surface area contributed by atoms with Crippen molar-refractivity contribution in [3.05, 3.63) is 25.3 Å². The molecule has 0 saturated carbocycles. The third kappa shape index (κ3) is 9.56. The van der Waals surface area contributed by atoms with Gasteiger partial charge in [0.1, 0.15) is 12.8 Å². The smallest absolute Gasteiger partial charge is 0.330 e. The van der Waals surface area contributed by atoms with Crippen LogP contribution in [-0.2, 0) is 14.3 Å². The molecule has 0 heterocycles. The fraction of sp³-hybridized carbons (Fsp3) is 0.538. The van der Waals surface area contributed by atoms with Gasteiger partial charge in [-0.25, -0.2) is 4.79 Å². The first-order chi connectivity index (χ1) is 8.80. The van der Waals surface area contributed by atoms with Gasteiger partial charge in [-0.3, -0.25) is 0 Å². The second-order valence-corrected chi connectivity index (χ2v) is 6.62. The summed E-state index contributed by atoms with van der Waals surface area (Å²) in [6.45, 7) is 7.82. The van der Waals surface area contributed by atoms with E-state index in [1.165, 1.54) is 0 Å². The molecule has 5 nitrogen and oxygen atoms in total. The molecule has 0 aromatic rings. The van der Waals surface area contributed by atoms with E-state index in [1.54, 1.807) is 6.08 Å². The summed E-state index contributed by atoms with van der Waals surface area (Å²) in [5, 5.41) is 0. The van der Waals surface area contributed by atoms with Crippen LogP contribution >= 0.6 is 7.77 Å². The number of esters is 1. The molecule has 0 bridgehead atoms. The van der Waals surface area contributed by atoms with Crippen molar-refractivity contribution in [2.24, 2.45) is 0 Å². The highest BCUT2D eigenvalue weighted by molar-refractivity contribution is 7.51. The molecule has 0 radical (unpaired) electrons. The number of rotatable bonds is 9. The molecular weight excluding hydrogens is 265 g/mol. The van der Waals surface area contributed by atoms with Crippen molar-refractivity contribution in [1.29, 1.82) is 0 Å². The Morgan fingerprint density at radius 2 is 1.95 bits per heavy atom. The molecule has 0 fully saturated rings. The Kier molecular flexibility index (Phi) is 8.52. The van der Waals surface area contributed by atoms with E-state index in [9.17, 15) is 9.69 Å². The second-order valence-electron chi connectivity index (χ2n) is 4.92. The van der Waals surface area contributed by atoms with Gasteiger partial charge in [-0.1, -0.05) is 12.7 Å². The van der Waals surface area contributed by atoms with Crippen LogP contribution in [0.25, 0.3) is 0 Å². The third-order valence-corrected chi connectivity index (χ3v) is 3.38. The van der Waals surface area contributed by atoms with E-state index >= 15 is 0 Å². The van der Waals surface area contributed by atoms with Gasteiger partial charge >= 0.3 is 5.97 Å². The van der Waals surface area contributed by atoms with Crippen LogP contribution in [0.5, 0.6) is 0 Å². The van der Waals surface area contributed by atoms with Gasteiger partial charge in [-0.05, 0) is 0 Å². The standard InChI is InChI=1S/C13H23NO4P/c1-6-8-18-13(11-14(3,4)5)19(16)10-9-17-12(15)7-2/h6-7H,1-2,8-11H2,3-5H3/q+1. The van der Waals surface area contributed by atoms with Crippen molar-refractivity contribution in [2.75, 3.05) is 47.1 Å². The van der Waals surface area contributed by atoms with Gasteiger partial charge in [0, 0.05) is 6.08 Å². The van der Waals surface area contributed by atoms with Crippen LogP contribution in [0, 0.1) is 0 Å². The molecule has 0 aliphatic rings. The first-order valence-electron chi connectivity index (χ1n) is 5.94. The highest BCUT2D eigenvalue weighted by Gasteiger charge is 2.20. The van der Waals surface area contributed by atoms with E-state index in [4.69, 9.17) is 9.47 Å². The quantitative estimate of drug-likeness (QED) is 0.204. The van der Waals surface area contributed by atoms with Crippen molar-refractivity contribution in [2.45, 2.75) is 0 Å². The predicted molar refractivity (Wildman–Crippen MR) is 77.0 cm³/mol. The molecule has 19 heavy (non-hydrogen) atoms. The predicted octanol–water partition coefficient (Wildman–Crippen LogP) is 0.511. The van der Waals surface area contributed by atoms with Crippen LogP contribution in [0.1, 0.15) is 0 Å². The van der Waals surface area contributed by atoms with Crippen LogP contribution < -0.4 is 4.89 Å². The molecule has 0 aromatic carbocycles. The SMILES string of the molecule is C=CCO/C(C[N+](C)(C)C)=[P+](\[O-])CCOC(=O)C=C. The number of carbonyl (C=O) groups is 1. The van der Waals surface area contributed by atoms with Crippen LogP contribution in [0.15, 0.2) is 25.3 Å². The fourth-order valence-electron chi connectivity index (χ4n) is 1.17. The molecule has 0 aromatic heterocycles. The molecule has 0 N–H and O–H groups in total. The topological polar surface area (TPSA) is 58.6 Å². The van der Waals surface area contributed by atoms with Gasteiger partial charge in [0.15, 0.2) is 6.54 Å². The van der Waals surface area contributed by atoms with E-state index in [0.29, 0.717) is 23.1 Å². The summed E-state index contributed by atoms with van der Waals surface area (Å²) < 4.78 is 10.9. The number of nitrogens with zero attached hydrogens (tertiary/aromatic N) is 1. The number of hydrogen-bond donors (Lipinski definition) is 0. The molecule has 0 rings (SSSR count). The lowest BCUT2D eigenvalue weighted by Crippen LogP contribution is -2.40. The van der Waals surface area contributed by atoms with Gasteiger partial charge in [-0.2, -0.15) is 0 Å². The molecule has 0 amide bonds. The monoisotopic (exact) mass is 288 g/mol. The number of carbonyl (C=O) groups excluding carboxylic acids is 1. The molecule has 0 saturated heterocycles. The van der Waals surface area contributed by atoms with Crippen molar-refractivity contribution in [3.8, 4) is 0 Å². The first kappa shape index (κ1) is 18.0. The van der Waals surface area contributed by atoms with Gasteiger partial charge in [-0.15, -0.1) is 6.58 Å². The molecule has 108 valence electrons. The minimum atomic E-state index is -1.69. The summed E-state index contributed by atoms with van der Waals surface area (Å²) in [7, 11) is 4.27. The van der Waals surface area contributed by atoms with Gasteiger partial charge in [0.2, 0.25) is 0 Å². The average Bonchev–Trinajstić information content (AvgIpc) is 2.32. The maximum Gasteiger partial charge on any atom is 0.330 e. The van der Waals surface area contributed by atoms with Crippen LogP contribution in [0.4, 0.5) is 0 Å². The number of likely N-dealkylation sites (N-methyl/N-ethyl adjacent to an activating group) is 1. The van der Waals surface area contributed by atoms with Gasteiger partial charge in [0.25, 0.3) is 5.48 Å². The molecule has 0 aliphatic carbocycles. The zero-order valence-corrected chi connectivity index (χ0v) is 12.8. The fourth-order valence-corrected chi connectivity index (χ4v) is 2.48. The maximum atomic E-state index is 12.1. The molecular formula is C13H23NO4P+. The molecule has 0 spiro atoms. The lowest BCUT2D eigenvalue weighted by atomic mass is 10.5. The largest absolute Gasteiger partial charge is 0.628 e. The summed E-state index contributed by atoms with van der Waals surface area (Å²) in [5.74, 6) is -0.511. The average molecular weight is 288 g/mol. The van der Waals surface area contributed by atoms with E-state index in [0.717, 1.165) is 6.08 Å². The van der Waals surface area contributed by atoms with Crippen molar-refractivity contribution < 1.29 is 23.6 Å². The van der Waals surface area contributed by atoms with Crippen LogP contribution in [0.3, 0.4) is 0 Å². The summed E-state index contributed by atoms with van der Waals surface area (Å²) in [6, 6.07) is 0. The summed E-state index contributed by atoms with van der Waals surface area (Å²) in [4.78, 5) is 23.0. The van der Waals surface area contributed by atoms with Crippen LogP contribution in [-0.4, -0.2) is 63.0 Å². The molecule has 1 unspecified atom stereocenters. The zero-order chi connectivity index (χ0) is 14.9. The van der Waals surface area contributed by atoms with Gasteiger partial charge < -0.3 is 18.9 Å². The van der Waals surface area contributed by atoms with E-state index in [-0.39, 0.29) is 12.8 Å². The first-order valence-corrected chi connectivity index (χ1v) is 7.38. The second kappa shape index (κ2) is 8.99. The van der Waals surface area contributed by atoms with E-state index in [2.05, 4.69) is 13.2 Å². The maximum absolute atomic E-state index is 12.1. The van der Waals surface area contributed by atoms with Gasteiger partial charge in [0.05, 0.1) is 35.5 Å². The Morgan fingerprint density at radius 3 is 2.42 bits per heavy atom. The normalized spacial score (nSPS) is 12.6. The minimum absolute atomic E-state index is 0.0954. The zero-order valence-electron chi connectivity index (χ0n) is 11.9. The Morgan fingerprint density at radius 1 is 1.32 bits per heavy atom. The lowest BCUT2D eigenvalue weighted by Gasteiger charge is -2.23. The third-order valence-electron chi connectivity index (χ3n) is 1.96. The summed E-state index contributed by atoms with van der Waals surface area (Å²) in [6.07, 6.45) is 2.94. The van der Waals surface area contributed by atoms with E-state index in [1.807, 2.05) is 21.1 Å². The highest BCUT2D eigenvalue weighted by atomic mass is 31.1. The molecule has 0 aliphatic heterocycles. The number of quaternary nitrogens is 1. The molecule has 1 atom stereocenters. The van der Waals surface area contributed by atoms with Crippen molar-refractivity contribution in [3.63, 3.8) is 0 Å². The molecule has 6 heteroatoms. The lowest BCUT2D eigenvalue weighted by molar-refractivity contribution is -0.861. The van der Waals surface area contributed by atoms with E-state index < -0.39 is 13.7 Å². The number of hydrogen-bond acceptors (Lipinski definition) is 4. The van der Waals surface area contributed by atoms with Crippen LogP contribution in [0.2, 0.25) is 0 Å². The Labute approximate surface area is 116 Å². The van der Waals surface area contributed by atoms with Crippen molar-refractivity contribution in [1.82, 2.24) is 0 Å². The Bertz CT molecular complexity index is 358. The van der Waals surface area contributed by atoms with Crippen molar-refractivity contribution >= 4 is 19.2 Å². The summed E-state index contributed by atoms with van der Waals surface area (Å²) in [5.41, 5.74) is 0.525.